The molecule has 11 unspecified atom stereocenters. The summed E-state index contributed by atoms with van der Waals surface area (Å²) in [6, 6.07) is 2.57. The minimum Gasteiger partial charge on any atom is -0.364 e. The van der Waals surface area contributed by atoms with E-state index in [4.69, 9.17) is 0 Å². The molecule has 2 heterocycles. The lowest BCUT2D eigenvalue weighted by atomic mass is 9.71. The van der Waals surface area contributed by atoms with Crippen molar-refractivity contribution in [2.24, 2.45) is 47.3 Å². The van der Waals surface area contributed by atoms with Crippen LogP contribution in [0.5, 0.6) is 0 Å². The van der Waals surface area contributed by atoms with Gasteiger partial charge in [0.15, 0.2) is 0 Å². The first-order valence-corrected chi connectivity index (χ1v) is 24.2. The Morgan fingerprint density at radius 1 is 0.589 bits per heavy atom. The van der Waals surface area contributed by atoms with Crippen LogP contribution in [0.25, 0.3) is 0 Å². The van der Waals surface area contributed by atoms with Crippen LogP contribution >= 0.6 is 0 Å². The fourth-order valence-electron chi connectivity index (χ4n) is 14.8. The molecule has 0 aromatic heterocycles. The highest BCUT2D eigenvalue weighted by atomic mass is 15.2. The van der Waals surface area contributed by atoms with Crippen LogP contribution in [0, 0.1) is 47.3 Å². The Labute approximate surface area is 340 Å². The highest BCUT2D eigenvalue weighted by Gasteiger charge is 2.52. The van der Waals surface area contributed by atoms with Crippen LogP contribution in [-0.4, -0.2) is 34.0 Å². The highest BCUT2D eigenvalue weighted by molar-refractivity contribution is 5.51. The summed E-state index contributed by atoms with van der Waals surface area (Å²) in [4.78, 5) is 6.08. The maximum Gasteiger partial charge on any atom is 0.0514 e. The summed E-state index contributed by atoms with van der Waals surface area (Å²) >= 11 is 0. The average molecular weight is 747 g/mol. The number of allylic oxidation sites excluding steroid dienone is 16. The maximum absolute atomic E-state index is 3.05. The van der Waals surface area contributed by atoms with Gasteiger partial charge in [-0.3, -0.25) is 0 Å². The Bertz CT molecular complexity index is 1810. The van der Waals surface area contributed by atoms with E-state index in [1.807, 2.05) is 11.1 Å². The van der Waals surface area contributed by atoms with Gasteiger partial charge in [0.25, 0.3) is 0 Å². The molecule has 0 N–H and O–H groups in total. The van der Waals surface area contributed by atoms with Gasteiger partial charge >= 0.3 is 0 Å². The Kier molecular flexibility index (Phi) is 10.1. The molecule has 296 valence electrons. The first kappa shape index (κ1) is 36.1. The molecule has 11 aliphatic rings. The second-order valence-corrected chi connectivity index (χ2v) is 20.3. The Hall–Kier alpha value is -3.00. The van der Waals surface area contributed by atoms with Crippen molar-refractivity contribution in [1.82, 2.24) is 9.80 Å². The van der Waals surface area contributed by atoms with Crippen LogP contribution in [0.15, 0.2) is 119 Å². The lowest BCUT2D eigenvalue weighted by Gasteiger charge is -2.42. The van der Waals surface area contributed by atoms with Gasteiger partial charge in [0.1, 0.15) is 0 Å². The van der Waals surface area contributed by atoms with Crippen molar-refractivity contribution in [2.75, 3.05) is 0 Å². The number of fused-ring (bicyclic) bond motifs is 6. The molecule has 0 spiro atoms. The van der Waals surface area contributed by atoms with Gasteiger partial charge in [-0.2, -0.15) is 0 Å². The smallest absolute Gasteiger partial charge is 0.0514 e. The van der Waals surface area contributed by atoms with Gasteiger partial charge in [-0.15, -0.1) is 0 Å². The average Bonchev–Trinajstić information content (AvgIpc) is 3.79. The number of hydrogen-bond acceptors (Lipinski definition) is 2. The number of rotatable bonds is 6. The van der Waals surface area contributed by atoms with E-state index in [0.717, 1.165) is 29.7 Å². The lowest BCUT2D eigenvalue weighted by molar-refractivity contribution is 0.183. The zero-order valence-corrected chi connectivity index (χ0v) is 34.5. The molecule has 9 aliphatic carbocycles. The molecule has 0 bridgehead atoms. The lowest BCUT2D eigenvalue weighted by Crippen LogP contribution is -2.41. The fraction of sp³-hybridized carbons (Fsp3) is 0.630. The van der Waals surface area contributed by atoms with Crippen molar-refractivity contribution in [2.45, 2.75) is 165 Å². The van der Waals surface area contributed by atoms with Gasteiger partial charge in [-0.1, -0.05) is 111 Å². The Morgan fingerprint density at radius 3 is 2.39 bits per heavy atom. The summed E-state index contributed by atoms with van der Waals surface area (Å²) in [5.74, 6) is 5.96. The van der Waals surface area contributed by atoms with Crippen LogP contribution in [0.3, 0.4) is 0 Å². The Morgan fingerprint density at radius 2 is 1.50 bits per heavy atom. The molecule has 4 fully saturated rings. The van der Waals surface area contributed by atoms with E-state index >= 15 is 0 Å². The number of hydrogen-bond donors (Lipinski definition) is 0. The van der Waals surface area contributed by atoms with Crippen molar-refractivity contribution in [3.63, 3.8) is 0 Å². The predicted octanol–water partition coefficient (Wildman–Crippen LogP) is 13.4. The third-order valence-electron chi connectivity index (χ3n) is 17.4. The van der Waals surface area contributed by atoms with Crippen molar-refractivity contribution in [3.05, 3.63) is 119 Å². The third kappa shape index (κ3) is 6.60. The van der Waals surface area contributed by atoms with Crippen LogP contribution in [0.4, 0.5) is 0 Å². The molecule has 11 rings (SSSR count). The minimum absolute atomic E-state index is 0.575. The Balaban J connectivity index is 0.879. The zero-order valence-electron chi connectivity index (χ0n) is 34.5. The third-order valence-corrected chi connectivity index (χ3v) is 17.4. The quantitative estimate of drug-likeness (QED) is 0.250. The summed E-state index contributed by atoms with van der Waals surface area (Å²) in [7, 11) is 0. The van der Waals surface area contributed by atoms with Crippen molar-refractivity contribution in [3.8, 4) is 0 Å². The normalized spacial score (nSPS) is 40.8. The van der Waals surface area contributed by atoms with Gasteiger partial charge < -0.3 is 9.80 Å². The standard InChI is InChI=1S/C54H70N2/c1-4-15-37(16-5-1)40-21-14-22-45(32-40)55-51-25-12-10-23-47(51)49-29-27-42(36-54(49)55)41-28-30-53-50(35-41)48-24-11-13-26-52(48)56(53)46-33-43(38-17-6-2-7-18-38)31-44(34-46)39-19-8-3-9-20-39/h4,6,13-15,17-18,22,26,29,31-33,35,37,39-40,42,44,47-48,50-54H,1-3,5,7-12,16,19-21,23-25,27-28,30,34,36H2. The largest absolute Gasteiger partial charge is 0.364 e. The molecule has 2 nitrogen and oxygen atoms in total. The molecule has 0 radical (unpaired) electrons. The fourth-order valence-corrected chi connectivity index (χ4v) is 14.8. The molecule has 56 heavy (non-hydrogen) atoms. The molecule has 2 saturated carbocycles. The monoisotopic (exact) mass is 747 g/mol. The molecule has 2 aliphatic heterocycles. The first-order chi connectivity index (χ1) is 27.8. The van der Waals surface area contributed by atoms with E-state index in [9.17, 15) is 0 Å². The van der Waals surface area contributed by atoms with Crippen LogP contribution in [0.2, 0.25) is 0 Å². The van der Waals surface area contributed by atoms with Crippen LogP contribution < -0.4 is 0 Å². The molecule has 2 saturated heterocycles. The summed E-state index contributed by atoms with van der Waals surface area (Å²) < 4.78 is 0. The molecule has 0 amide bonds. The summed E-state index contributed by atoms with van der Waals surface area (Å²) in [5, 5.41) is 0. The maximum atomic E-state index is 3.05. The van der Waals surface area contributed by atoms with Crippen molar-refractivity contribution >= 4 is 0 Å². The molecular weight excluding hydrogens is 677 g/mol. The molecular formula is C54H70N2. The van der Waals surface area contributed by atoms with E-state index in [1.165, 1.54) is 147 Å². The van der Waals surface area contributed by atoms with E-state index in [0.29, 0.717) is 41.8 Å². The van der Waals surface area contributed by atoms with Gasteiger partial charge in [-0.05, 0) is 174 Å². The number of likely N-dealkylation sites (tertiary alicyclic amines) is 2. The first-order valence-electron chi connectivity index (χ1n) is 24.2. The van der Waals surface area contributed by atoms with Gasteiger partial charge in [-0.25, -0.2) is 0 Å². The SMILES string of the molecule is C1=CC(C2=CC(C3CCCCC3)CC(N3C4C=CCCC4C4C=C(C5CC=C6C7CCCCC7N(C7=CC(C8C=CCCC8)CC=C7)C6C5)CCC43)=C2)=CCC1. The number of nitrogens with zero attached hydrogens (tertiary/aromatic N) is 2. The van der Waals surface area contributed by atoms with Crippen molar-refractivity contribution in [1.29, 1.82) is 0 Å². The highest BCUT2D eigenvalue weighted by Crippen LogP contribution is 2.55. The van der Waals surface area contributed by atoms with Gasteiger partial charge in [0.05, 0.1) is 12.1 Å². The van der Waals surface area contributed by atoms with Crippen LogP contribution in [-0.2, 0) is 0 Å². The topological polar surface area (TPSA) is 6.48 Å². The summed E-state index contributed by atoms with van der Waals surface area (Å²) in [5.41, 5.74) is 10.0. The molecule has 11 atom stereocenters. The van der Waals surface area contributed by atoms with Crippen LogP contribution in [0.1, 0.15) is 141 Å². The zero-order chi connectivity index (χ0) is 37.0. The van der Waals surface area contributed by atoms with E-state index in [1.54, 1.807) is 17.0 Å². The second-order valence-electron chi connectivity index (χ2n) is 20.3. The van der Waals surface area contributed by atoms with E-state index in [2.05, 4.69) is 94.9 Å². The van der Waals surface area contributed by atoms with E-state index in [-0.39, 0.29) is 0 Å². The molecule has 0 aromatic carbocycles. The second kappa shape index (κ2) is 15.6. The van der Waals surface area contributed by atoms with Crippen molar-refractivity contribution < 1.29 is 0 Å². The summed E-state index contributed by atoms with van der Waals surface area (Å²) in [6.45, 7) is 0. The summed E-state index contributed by atoms with van der Waals surface area (Å²) in [6.07, 6.45) is 66.4. The minimum atomic E-state index is 0.575. The molecule has 2 heteroatoms. The predicted molar refractivity (Wildman–Crippen MR) is 233 cm³/mol. The van der Waals surface area contributed by atoms with E-state index < -0.39 is 0 Å². The van der Waals surface area contributed by atoms with Gasteiger partial charge in [0.2, 0.25) is 0 Å². The molecule has 0 aromatic rings. The van der Waals surface area contributed by atoms with Gasteiger partial charge in [0, 0.05) is 35.3 Å².